The Balaban J connectivity index is 2.04. The second-order valence-electron chi connectivity index (χ2n) is 5.48. The SMILES string of the molecule is CCOC(=O)Cc1nc2cc(C)ccn2c1N=Nc1ccccc1O. The number of phenolic OH excluding ortho intramolecular Hbond substituents is 1. The molecule has 2 aromatic heterocycles. The predicted molar refractivity (Wildman–Crippen MR) is 92.5 cm³/mol. The van der Waals surface area contributed by atoms with Gasteiger partial charge in [-0.2, -0.15) is 0 Å². The molecule has 0 saturated carbocycles. The van der Waals surface area contributed by atoms with Gasteiger partial charge in [0.05, 0.1) is 18.7 Å². The molecule has 3 aromatic rings. The van der Waals surface area contributed by atoms with Crippen LogP contribution >= 0.6 is 0 Å². The first-order valence-electron chi connectivity index (χ1n) is 7.91. The Morgan fingerprint density at radius 3 is 2.84 bits per heavy atom. The van der Waals surface area contributed by atoms with Crippen LogP contribution in [0.1, 0.15) is 18.2 Å². The van der Waals surface area contributed by atoms with Gasteiger partial charge in [-0.25, -0.2) is 4.98 Å². The highest BCUT2D eigenvalue weighted by atomic mass is 16.5. The second-order valence-corrected chi connectivity index (χ2v) is 5.48. The minimum Gasteiger partial charge on any atom is -0.506 e. The normalized spacial score (nSPS) is 11.3. The Morgan fingerprint density at radius 2 is 2.08 bits per heavy atom. The van der Waals surface area contributed by atoms with Crippen molar-refractivity contribution in [2.45, 2.75) is 20.3 Å². The van der Waals surface area contributed by atoms with Crippen LogP contribution in [0.5, 0.6) is 5.75 Å². The lowest BCUT2D eigenvalue weighted by atomic mass is 10.3. The molecule has 25 heavy (non-hydrogen) atoms. The summed E-state index contributed by atoms with van der Waals surface area (Å²) in [6.45, 7) is 4.02. The maximum Gasteiger partial charge on any atom is 0.312 e. The molecule has 0 fully saturated rings. The number of pyridine rings is 1. The standard InChI is InChI=1S/C18H18N4O3/c1-3-25-17(24)11-14-18(21-20-13-6-4-5-7-15(13)23)22-9-8-12(2)10-16(22)19-14/h4-10,23H,3,11H2,1-2H3. The van der Waals surface area contributed by atoms with Crippen LogP contribution in [0.25, 0.3) is 5.65 Å². The number of nitrogens with zero attached hydrogens (tertiary/aromatic N) is 4. The molecule has 0 aliphatic carbocycles. The van der Waals surface area contributed by atoms with Gasteiger partial charge in [-0.1, -0.05) is 12.1 Å². The minimum atomic E-state index is -0.373. The van der Waals surface area contributed by atoms with E-state index in [1.165, 1.54) is 6.07 Å². The third-order valence-electron chi connectivity index (χ3n) is 3.58. The molecule has 0 aliphatic heterocycles. The van der Waals surface area contributed by atoms with E-state index in [9.17, 15) is 9.90 Å². The van der Waals surface area contributed by atoms with Gasteiger partial charge in [0.2, 0.25) is 0 Å². The van der Waals surface area contributed by atoms with E-state index in [2.05, 4.69) is 15.2 Å². The van der Waals surface area contributed by atoms with Gasteiger partial charge in [0.25, 0.3) is 0 Å². The summed E-state index contributed by atoms with van der Waals surface area (Å²) in [5, 5.41) is 18.1. The van der Waals surface area contributed by atoms with Gasteiger partial charge in [0.15, 0.2) is 5.82 Å². The first-order valence-corrected chi connectivity index (χ1v) is 7.91. The molecule has 7 nitrogen and oxygen atoms in total. The lowest BCUT2D eigenvalue weighted by Crippen LogP contribution is -2.07. The number of aromatic hydroxyl groups is 1. The molecule has 1 N–H and O–H groups in total. The first kappa shape index (κ1) is 16.6. The number of hydrogen-bond donors (Lipinski definition) is 1. The van der Waals surface area contributed by atoms with Crippen LogP contribution in [0.3, 0.4) is 0 Å². The van der Waals surface area contributed by atoms with Gasteiger partial charge in [-0.05, 0) is 43.7 Å². The zero-order valence-electron chi connectivity index (χ0n) is 14.0. The van der Waals surface area contributed by atoms with Crippen molar-refractivity contribution >= 4 is 23.1 Å². The Bertz CT molecular complexity index is 947. The Hall–Kier alpha value is -3.22. The lowest BCUT2D eigenvalue weighted by molar-refractivity contribution is -0.142. The molecular weight excluding hydrogens is 320 g/mol. The number of carbonyl (C=O) groups excluding carboxylic acids is 1. The van der Waals surface area contributed by atoms with Crippen LogP contribution in [-0.2, 0) is 16.0 Å². The highest BCUT2D eigenvalue weighted by Gasteiger charge is 2.16. The quantitative estimate of drug-likeness (QED) is 0.565. The van der Waals surface area contributed by atoms with Crippen molar-refractivity contribution in [3.05, 3.63) is 53.9 Å². The number of ether oxygens (including phenoxy) is 1. The van der Waals surface area contributed by atoms with E-state index in [0.29, 0.717) is 29.5 Å². The van der Waals surface area contributed by atoms with Crippen LogP contribution in [0.2, 0.25) is 0 Å². The average Bonchev–Trinajstić information content (AvgIpc) is 2.90. The van der Waals surface area contributed by atoms with E-state index in [4.69, 9.17) is 4.74 Å². The number of imidazole rings is 1. The van der Waals surface area contributed by atoms with Crippen molar-refractivity contribution in [2.75, 3.05) is 6.61 Å². The van der Waals surface area contributed by atoms with Gasteiger partial charge in [-0.3, -0.25) is 9.20 Å². The largest absolute Gasteiger partial charge is 0.506 e. The fourth-order valence-electron chi connectivity index (χ4n) is 2.41. The number of phenols is 1. The third-order valence-corrected chi connectivity index (χ3v) is 3.58. The number of carbonyl (C=O) groups is 1. The first-order chi connectivity index (χ1) is 12.1. The van der Waals surface area contributed by atoms with E-state index in [1.807, 2.05) is 25.3 Å². The van der Waals surface area contributed by atoms with Gasteiger partial charge < -0.3 is 9.84 Å². The molecule has 128 valence electrons. The molecule has 0 spiro atoms. The second kappa shape index (κ2) is 7.12. The summed E-state index contributed by atoms with van der Waals surface area (Å²) in [6, 6.07) is 10.5. The summed E-state index contributed by atoms with van der Waals surface area (Å²) in [4.78, 5) is 16.3. The lowest BCUT2D eigenvalue weighted by Gasteiger charge is -2.01. The Morgan fingerprint density at radius 1 is 1.28 bits per heavy atom. The highest BCUT2D eigenvalue weighted by molar-refractivity contribution is 5.74. The Labute approximate surface area is 144 Å². The van der Waals surface area contributed by atoms with E-state index >= 15 is 0 Å². The fraction of sp³-hybridized carbons (Fsp3) is 0.222. The fourth-order valence-corrected chi connectivity index (χ4v) is 2.41. The highest BCUT2D eigenvalue weighted by Crippen LogP contribution is 2.29. The summed E-state index contributed by atoms with van der Waals surface area (Å²) >= 11 is 0. The molecule has 0 amide bonds. The number of aromatic nitrogens is 2. The van der Waals surface area contributed by atoms with E-state index in [-0.39, 0.29) is 18.1 Å². The van der Waals surface area contributed by atoms with Gasteiger partial charge in [0, 0.05) is 6.20 Å². The summed E-state index contributed by atoms with van der Waals surface area (Å²) < 4.78 is 6.76. The van der Waals surface area contributed by atoms with Gasteiger partial charge >= 0.3 is 5.97 Å². The van der Waals surface area contributed by atoms with Crippen molar-refractivity contribution in [1.82, 2.24) is 9.38 Å². The van der Waals surface area contributed by atoms with Gasteiger partial charge in [0.1, 0.15) is 17.1 Å². The molecule has 0 saturated heterocycles. The van der Waals surface area contributed by atoms with Crippen LogP contribution < -0.4 is 0 Å². The average molecular weight is 338 g/mol. The van der Waals surface area contributed by atoms with Crippen LogP contribution in [-0.4, -0.2) is 27.1 Å². The molecule has 0 aliphatic rings. The van der Waals surface area contributed by atoms with Crippen LogP contribution in [0.4, 0.5) is 11.5 Å². The Kier molecular flexibility index (Phi) is 4.74. The third kappa shape index (κ3) is 3.65. The van der Waals surface area contributed by atoms with Crippen molar-refractivity contribution in [3.8, 4) is 5.75 Å². The molecule has 0 bridgehead atoms. The summed E-state index contributed by atoms with van der Waals surface area (Å²) in [5.41, 5.74) is 2.53. The summed E-state index contributed by atoms with van der Waals surface area (Å²) in [6.07, 6.45) is 1.83. The van der Waals surface area contributed by atoms with Crippen molar-refractivity contribution in [3.63, 3.8) is 0 Å². The number of hydrogen-bond acceptors (Lipinski definition) is 6. The number of rotatable bonds is 5. The molecule has 0 unspecified atom stereocenters. The maximum absolute atomic E-state index is 11.9. The minimum absolute atomic E-state index is 0.00366. The van der Waals surface area contributed by atoms with Crippen LogP contribution in [0, 0.1) is 6.92 Å². The van der Waals surface area contributed by atoms with E-state index < -0.39 is 0 Å². The maximum atomic E-state index is 11.9. The van der Waals surface area contributed by atoms with Crippen molar-refractivity contribution in [1.29, 1.82) is 0 Å². The number of azo groups is 1. The van der Waals surface area contributed by atoms with Crippen molar-refractivity contribution in [2.24, 2.45) is 10.2 Å². The van der Waals surface area contributed by atoms with E-state index in [1.54, 1.807) is 29.5 Å². The summed E-state index contributed by atoms with van der Waals surface area (Å²) in [5.74, 6) is 0.0933. The van der Waals surface area contributed by atoms with Crippen LogP contribution in [0.15, 0.2) is 52.8 Å². The van der Waals surface area contributed by atoms with Crippen molar-refractivity contribution < 1.29 is 14.6 Å². The van der Waals surface area contributed by atoms with Gasteiger partial charge in [-0.15, -0.1) is 10.2 Å². The number of esters is 1. The molecule has 0 atom stereocenters. The molecule has 1 aromatic carbocycles. The monoisotopic (exact) mass is 338 g/mol. The zero-order valence-corrected chi connectivity index (χ0v) is 14.0. The number of aryl methyl sites for hydroxylation is 1. The number of benzene rings is 1. The molecule has 3 rings (SSSR count). The molecule has 0 radical (unpaired) electrons. The topological polar surface area (TPSA) is 88.5 Å². The molecular formula is C18H18N4O3. The zero-order chi connectivity index (χ0) is 17.8. The number of para-hydroxylation sites is 1. The molecule has 7 heteroatoms. The smallest absolute Gasteiger partial charge is 0.312 e. The predicted octanol–water partition coefficient (Wildman–Crippen LogP) is 3.87. The molecule has 2 heterocycles. The number of fused-ring (bicyclic) bond motifs is 1. The summed E-state index contributed by atoms with van der Waals surface area (Å²) in [7, 11) is 0. The van der Waals surface area contributed by atoms with E-state index in [0.717, 1.165) is 5.56 Å².